The largest absolute Gasteiger partial charge is 0.393 e. The number of hydrogen-bond donors (Lipinski definition) is 2. The van der Waals surface area contributed by atoms with E-state index >= 15 is 0 Å². The average Bonchev–Trinajstić information content (AvgIpc) is 2.82. The first kappa shape index (κ1) is 15.7. The summed E-state index contributed by atoms with van der Waals surface area (Å²) in [7, 11) is -3.81. The maximum atomic E-state index is 12.2. The summed E-state index contributed by atoms with van der Waals surface area (Å²) in [5.41, 5.74) is 4.96. The Morgan fingerprint density at radius 3 is 2.81 bits per heavy atom. The van der Waals surface area contributed by atoms with Gasteiger partial charge in [-0.2, -0.15) is 0 Å². The number of ether oxygens (including phenoxy) is 1. The molecule has 1 heterocycles. The molecular weight excluding hydrogens is 298 g/mol. The number of nitro groups is 1. The molecule has 9 heteroatoms. The zero-order valence-corrected chi connectivity index (χ0v) is 12.3. The van der Waals surface area contributed by atoms with Crippen LogP contribution in [0.4, 0.5) is 11.4 Å². The molecule has 1 fully saturated rings. The highest BCUT2D eigenvalue weighted by atomic mass is 32.2. The van der Waals surface area contributed by atoms with Crippen LogP contribution in [0.15, 0.2) is 23.1 Å². The molecule has 0 radical (unpaired) electrons. The van der Waals surface area contributed by atoms with Crippen molar-refractivity contribution in [1.29, 1.82) is 0 Å². The Morgan fingerprint density at radius 1 is 1.52 bits per heavy atom. The van der Waals surface area contributed by atoms with Gasteiger partial charge in [-0.05, 0) is 25.5 Å². The van der Waals surface area contributed by atoms with Gasteiger partial charge in [-0.25, -0.2) is 13.1 Å². The number of sulfonamides is 1. The van der Waals surface area contributed by atoms with E-state index in [4.69, 9.17) is 10.5 Å². The Kier molecular flexibility index (Phi) is 4.45. The van der Waals surface area contributed by atoms with Gasteiger partial charge in [0.2, 0.25) is 10.0 Å². The molecule has 0 aliphatic carbocycles. The molecule has 2 rings (SSSR count). The Morgan fingerprint density at radius 2 is 2.24 bits per heavy atom. The van der Waals surface area contributed by atoms with Crippen molar-refractivity contribution < 1.29 is 18.1 Å². The number of nitrogen functional groups attached to an aromatic ring is 1. The summed E-state index contributed by atoms with van der Waals surface area (Å²) in [5.74, 6) is 0.101. The normalized spacial score (nSPS) is 22.3. The van der Waals surface area contributed by atoms with Crippen LogP contribution in [0, 0.1) is 16.0 Å². The van der Waals surface area contributed by atoms with Gasteiger partial charge in [-0.1, -0.05) is 0 Å². The highest BCUT2D eigenvalue weighted by molar-refractivity contribution is 7.89. The summed E-state index contributed by atoms with van der Waals surface area (Å²) in [6, 6.07) is 3.43. The molecule has 0 saturated carbocycles. The van der Waals surface area contributed by atoms with Crippen molar-refractivity contribution in [3.63, 3.8) is 0 Å². The fourth-order valence-corrected chi connectivity index (χ4v) is 3.31. The SMILES string of the molecule is CC1OCCC1CNS(=O)(=O)c1ccc(N)c([N+](=O)[O-])c1. The lowest BCUT2D eigenvalue weighted by Gasteiger charge is -2.15. The van der Waals surface area contributed by atoms with Crippen molar-refractivity contribution in [3.8, 4) is 0 Å². The van der Waals surface area contributed by atoms with Gasteiger partial charge in [0.25, 0.3) is 5.69 Å². The quantitative estimate of drug-likeness (QED) is 0.472. The van der Waals surface area contributed by atoms with E-state index in [0.29, 0.717) is 6.61 Å². The average molecular weight is 315 g/mol. The fourth-order valence-electron chi connectivity index (χ4n) is 2.19. The lowest BCUT2D eigenvalue weighted by atomic mass is 10.0. The second kappa shape index (κ2) is 5.96. The number of nitrogens with zero attached hydrogens (tertiary/aromatic N) is 1. The van der Waals surface area contributed by atoms with E-state index in [1.54, 1.807) is 0 Å². The Hall–Kier alpha value is -1.71. The standard InChI is InChI=1S/C12H17N3O5S/c1-8-9(4-5-20-8)7-14-21(18,19)10-2-3-11(13)12(6-10)15(16)17/h2-3,6,8-9,14H,4-5,7,13H2,1H3. The molecule has 116 valence electrons. The van der Waals surface area contributed by atoms with Crippen LogP contribution in [0.2, 0.25) is 0 Å². The Balaban J connectivity index is 2.15. The minimum absolute atomic E-state index is 0.00606. The molecule has 0 bridgehead atoms. The minimum atomic E-state index is -3.81. The lowest BCUT2D eigenvalue weighted by molar-refractivity contribution is -0.384. The Labute approximate surface area is 122 Å². The highest BCUT2D eigenvalue weighted by Gasteiger charge is 2.27. The molecule has 1 aliphatic rings. The van der Waals surface area contributed by atoms with Crippen molar-refractivity contribution in [2.24, 2.45) is 5.92 Å². The van der Waals surface area contributed by atoms with E-state index in [9.17, 15) is 18.5 Å². The first-order chi connectivity index (χ1) is 9.81. The van der Waals surface area contributed by atoms with Gasteiger partial charge >= 0.3 is 0 Å². The molecule has 2 atom stereocenters. The first-order valence-corrected chi connectivity index (χ1v) is 7.95. The van der Waals surface area contributed by atoms with Gasteiger partial charge in [0.05, 0.1) is 15.9 Å². The molecule has 8 nitrogen and oxygen atoms in total. The van der Waals surface area contributed by atoms with Crippen molar-refractivity contribution in [1.82, 2.24) is 4.72 Å². The van der Waals surface area contributed by atoms with Crippen LogP contribution in [0.1, 0.15) is 13.3 Å². The Bertz CT molecular complexity index is 646. The van der Waals surface area contributed by atoms with E-state index < -0.39 is 20.6 Å². The number of hydrogen-bond acceptors (Lipinski definition) is 6. The number of nitrogens with one attached hydrogen (secondary N) is 1. The van der Waals surface area contributed by atoms with Crippen LogP contribution in [-0.2, 0) is 14.8 Å². The van der Waals surface area contributed by atoms with Crippen molar-refractivity contribution in [3.05, 3.63) is 28.3 Å². The van der Waals surface area contributed by atoms with Crippen molar-refractivity contribution in [2.75, 3.05) is 18.9 Å². The molecule has 2 unspecified atom stereocenters. The fraction of sp³-hybridized carbons (Fsp3) is 0.500. The molecule has 21 heavy (non-hydrogen) atoms. The smallest absolute Gasteiger partial charge is 0.293 e. The van der Waals surface area contributed by atoms with E-state index in [0.717, 1.165) is 12.5 Å². The lowest BCUT2D eigenvalue weighted by Crippen LogP contribution is -2.32. The predicted octanol–water partition coefficient (Wildman–Crippen LogP) is 0.880. The molecule has 1 aromatic carbocycles. The third-order valence-corrected chi connectivity index (χ3v) is 5.00. The summed E-state index contributed by atoms with van der Waals surface area (Å²) in [6.45, 7) is 2.74. The minimum Gasteiger partial charge on any atom is -0.393 e. The molecule has 3 N–H and O–H groups in total. The van der Waals surface area contributed by atoms with Gasteiger partial charge in [-0.15, -0.1) is 0 Å². The topological polar surface area (TPSA) is 125 Å². The van der Waals surface area contributed by atoms with Crippen LogP contribution in [0.3, 0.4) is 0 Å². The van der Waals surface area contributed by atoms with Crippen LogP contribution in [0.5, 0.6) is 0 Å². The zero-order chi connectivity index (χ0) is 15.6. The summed E-state index contributed by atoms with van der Waals surface area (Å²) in [6.07, 6.45) is 0.777. The van der Waals surface area contributed by atoms with Gasteiger partial charge in [0.1, 0.15) is 5.69 Å². The van der Waals surface area contributed by atoms with Crippen molar-refractivity contribution >= 4 is 21.4 Å². The maximum Gasteiger partial charge on any atom is 0.293 e. The molecule has 0 aromatic heterocycles. The van der Waals surface area contributed by atoms with Gasteiger partial charge < -0.3 is 10.5 Å². The van der Waals surface area contributed by atoms with Crippen LogP contribution in [0.25, 0.3) is 0 Å². The number of nitro benzene ring substituents is 1. The van der Waals surface area contributed by atoms with Crippen molar-refractivity contribution in [2.45, 2.75) is 24.3 Å². The molecule has 0 amide bonds. The molecule has 1 aliphatic heterocycles. The second-order valence-corrected chi connectivity index (χ2v) is 6.72. The van der Waals surface area contributed by atoms with Crippen LogP contribution in [-0.4, -0.2) is 32.6 Å². The molecular formula is C12H17N3O5S. The summed E-state index contributed by atoms with van der Waals surface area (Å²) in [5, 5.41) is 10.8. The number of benzene rings is 1. The monoisotopic (exact) mass is 315 g/mol. The van der Waals surface area contributed by atoms with E-state index in [-0.39, 0.29) is 29.1 Å². The van der Waals surface area contributed by atoms with Gasteiger partial charge in [-0.3, -0.25) is 10.1 Å². The second-order valence-electron chi connectivity index (χ2n) is 4.95. The van der Waals surface area contributed by atoms with Gasteiger partial charge in [0.15, 0.2) is 0 Å². The number of nitrogens with two attached hydrogens (primary N) is 1. The maximum absolute atomic E-state index is 12.2. The first-order valence-electron chi connectivity index (χ1n) is 6.46. The summed E-state index contributed by atoms with van der Waals surface area (Å²) < 4.78 is 32.2. The molecule has 1 saturated heterocycles. The number of rotatable bonds is 5. The predicted molar refractivity (Wildman–Crippen MR) is 76.2 cm³/mol. The van der Waals surface area contributed by atoms with E-state index in [1.807, 2.05) is 6.92 Å². The number of anilines is 1. The third-order valence-electron chi connectivity index (χ3n) is 3.58. The zero-order valence-electron chi connectivity index (χ0n) is 11.5. The van der Waals surface area contributed by atoms with Crippen LogP contribution >= 0.6 is 0 Å². The summed E-state index contributed by atoms with van der Waals surface area (Å²) >= 11 is 0. The third kappa shape index (κ3) is 3.49. The van der Waals surface area contributed by atoms with Gasteiger partial charge in [0, 0.05) is 25.1 Å². The molecule has 1 aromatic rings. The van der Waals surface area contributed by atoms with E-state index in [2.05, 4.69) is 4.72 Å². The summed E-state index contributed by atoms with van der Waals surface area (Å²) in [4.78, 5) is 9.93. The van der Waals surface area contributed by atoms with Crippen LogP contribution < -0.4 is 10.5 Å². The highest BCUT2D eigenvalue weighted by Crippen LogP contribution is 2.25. The molecule has 0 spiro atoms. The van der Waals surface area contributed by atoms with E-state index in [1.165, 1.54) is 12.1 Å².